The monoisotopic (exact) mass is 316 g/mol. The van der Waals surface area contributed by atoms with Crippen LogP contribution in [0.4, 0.5) is 8.78 Å². The molecule has 0 N–H and O–H groups in total. The molecule has 0 aliphatic rings. The molecule has 0 aromatic rings. The standard InChI is InChI=1S/C12H23F2O5P/c1-6-17-11(15)7-8-12(13,14)20(16,18-9(2)3)19-10(4)5/h9-10H,6-8H2,1-5H3. The molecule has 120 valence electrons. The Bertz CT molecular complexity index is 344. The first kappa shape index (κ1) is 19.5. The Hall–Kier alpha value is -0.520. The first-order valence-electron chi connectivity index (χ1n) is 6.54. The molecule has 0 aliphatic carbocycles. The van der Waals surface area contributed by atoms with Gasteiger partial charge in [-0.1, -0.05) is 0 Å². The van der Waals surface area contributed by atoms with Gasteiger partial charge in [-0.15, -0.1) is 0 Å². The zero-order valence-corrected chi connectivity index (χ0v) is 13.4. The van der Waals surface area contributed by atoms with Crippen LogP contribution in [-0.4, -0.2) is 30.4 Å². The van der Waals surface area contributed by atoms with Crippen molar-refractivity contribution in [3.05, 3.63) is 0 Å². The summed E-state index contributed by atoms with van der Waals surface area (Å²) in [5.74, 6) is -0.771. The molecule has 20 heavy (non-hydrogen) atoms. The fourth-order valence-corrected chi connectivity index (χ4v) is 3.21. The molecular weight excluding hydrogens is 293 g/mol. The summed E-state index contributed by atoms with van der Waals surface area (Å²) < 4.78 is 54.7. The third-order valence-electron chi connectivity index (χ3n) is 2.04. The van der Waals surface area contributed by atoms with E-state index in [2.05, 4.69) is 4.74 Å². The molecule has 8 heteroatoms. The Morgan fingerprint density at radius 1 is 1.15 bits per heavy atom. The second kappa shape index (κ2) is 8.05. The first-order valence-corrected chi connectivity index (χ1v) is 8.08. The third kappa shape index (κ3) is 6.29. The van der Waals surface area contributed by atoms with Crippen molar-refractivity contribution in [2.24, 2.45) is 0 Å². The lowest BCUT2D eigenvalue weighted by Crippen LogP contribution is -2.25. The van der Waals surface area contributed by atoms with Gasteiger partial charge in [-0.2, -0.15) is 8.78 Å². The lowest BCUT2D eigenvalue weighted by atomic mass is 10.3. The SMILES string of the molecule is CCOC(=O)CCC(F)(F)P(=O)(OC(C)C)OC(C)C. The lowest BCUT2D eigenvalue weighted by Gasteiger charge is -2.29. The summed E-state index contributed by atoms with van der Waals surface area (Å²) in [6.45, 7) is 7.61. The number of carbonyl (C=O) groups excluding carboxylic acids is 1. The van der Waals surface area contributed by atoms with Crippen LogP contribution in [0.5, 0.6) is 0 Å². The topological polar surface area (TPSA) is 61.8 Å². The average Bonchev–Trinajstić information content (AvgIpc) is 2.24. The quantitative estimate of drug-likeness (QED) is 0.476. The van der Waals surface area contributed by atoms with E-state index in [-0.39, 0.29) is 6.61 Å². The molecule has 0 amide bonds. The van der Waals surface area contributed by atoms with Gasteiger partial charge in [0.1, 0.15) is 0 Å². The molecule has 0 fully saturated rings. The number of esters is 1. The molecule has 0 radical (unpaired) electrons. The maximum absolute atomic E-state index is 14.1. The molecule has 0 unspecified atom stereocenters. The van der Waals surface area contributed by atoms with E-state index < -0.39 is 44.3 Å². The highest BCUT2D eigenvalue weighted by atomic mass is 31.2. The molecule has 0 saturated carbocycles. The number of hydrogen-bond donors (Lipinski definition) is 0. The van der Waals surface area contributed by atoms with Gasteiger partial charge in [0.15, 0.2) is 0 Å². The fourth-order valence-electron chi connectivity index (χ4n) is 1.36. The molecule has 0 saturated heterocycles. The van der Waals surface area contributed by atoms with E-state index in [0.717, 1.165) is 0 Å². The minimum atomic E-state index is -4.65. The number of alkyl halides is 2. The Morgan fingerprint density at radius 3 is 1.95 bits per heavy atom. The highest BCUT2D eigenvalue weighted by Crippen LogP contribution is 2.64. The van der Waals surface area contributed by atoms with Crippen molar-refractivity contribution in [2.45, 2.75) is 65.3 Å². The summed E-state index contributed by atoms with van der Waals surface area (Å²) in [5, 5.41) is 0. The van der Waals surface area contributed by atoms with Gasteiger partial charge in [-0.05, 0) is 34.6 Å². The molecule has 0 aliphatic heterocycles. The number of halogens is 2. The average molecular weight is 316 g/mol. The van der Waals surface area contributed by atoms with E-state index in [1.807, 2.05) is 0 Å². The Balaban J connectivity index is 4.93. The van der Waals surface area contributed by atoms with Crippen LogP contribution in [0.1, 0.15) is 47.5 Å². The largest absolute Gasteiger partial charge is 0.466 e. The van der Waals surface area contributed by atoms with E-state index in [4.69, 9.17) is 9.05 Å². The van der Waals surface area contributed by atoms with Gasteiger partial charge < -0.3 is 13.8 Å². The van der Waals surface area contributed by atoms with Gasteiger partial charge in [-0.3, -0.25) is 9.36 Å². The number of ether oxygens (including phenoxy) is 1. The summed E-state index contributed by atoms with van der Waals surface area (Å²) in [4.78, 5) is 11.1. The zero-order chi connectivity index (χ0) is 16.0. The van der Waals surface area contributed by atoms with Crippen LogP contribution in [0, 0.1) is 0 Å². The number of hydrogen-bond acceptors (Lipinski definition) is 5. The summed E-state index contributed by atoms with van der Waals surface area (Å²) in [6, 6.07) is 0. The van der Waals surface area contributed by atoms with Crippen LogP contribution in [0.15, 0.2) is 0 Å². The van der Waals surface area contributed by atoms with Crippen LogP contribution >= 0.6 is 7.60 Å². The maximum atomic E-state index is 14.1. The maximum Gasteiger partial charge on any atom is 0.400 e. The fraction of sp³-hybridized carbons (Fsp3) is 0.917. The van der Waals surface area contributed by atoms with E-state index in [9.17, 15) is 18.1 Å². The molecule has 0 aromatic heterocycles. The van der Waals surface area contributed by atoms with Crippen molar-refractivity contribution < 1.29 is 31.9 Å². The Morgan fingerprint density at radius 2 is 1.60 bits per heavy atom. The van der Waals surface area contributed by atoms with Crippen molar-refractivity contribution in [3.63, 3.8) is 0 Å². The van der Waals surface area contributed by atoms with Crippen LogP contribution in [0.3, 0.4) is 0 Å². The van der Waals surface area contributed by atoms with Crippen molar-refractivity contribution in [1.82, 2.24) is 0 Å². The van der Waals surface area contributed by atoms with Gasteiger partial charge in [0, 0.05) is 6.42 Å². The molecule has 0 aromatic carbocycles. The molecular formula is C12H23F2O5P. The van der Waals surface area contributed by atoms with Gasteiger partial charge in [0.2, 0.25) is 0 Å². The smallest absolute Gasteiger partial charge is 0.400 e. The minimum absolute atomic E-state index is 0.104. The molecule has 0 heterocycles. The summed E-state index contributed by atoms with van der Waals surface area (Å²) >= 11 is 0. The second-order valence-corrected chi connectivity index (χ2v) is 6.85. The Kier molecular flexibility index (Phi) is 7.84. The van der Waals surface area contributed by atoms with Gasteiger partial charge in [-0.25, -0.2) is 0 Å². The van der Waals surface area contributed by atoms with Crippen LogP contribution in [0.25, 0.3) is 0 Å². The van der Waals surface area contributed by atoms with E-state index >= 15 is 0 Å². The third-order valence-corrected chi connectivity index (χ3v) is 4.46. The zero-order valence-electron chi connectivity index (χ0n) is 12.5. The van der Waals surface area contributed by atoms with Crippen molar-refractivity contribution in [2.75, 3.05) is 6.61 Å². The predicted molar refractivity (Wildman–Crippen MR) is 70.9 cm³/mol. The van der Waals surface area contributed by atoms with Crippen LogP contribution < -0.4 is 0 Å². The summed E-state index contributed by atoms with van der Waals surface area (Å²) in [7, 11) is -4.65. The molecule has 0 spiro atoms. The van der Waals surface area contributed by atoms with Crippen LogP contribution in [-0.2, 0) is 23.1 Å². The van der Waals surface area contributed by atoms with E-state index in [1.165, 1.54) is 27.7 Å². The van der Waals surface area contributed by atoms with Gasteiger partial charge >= 0.3 is 19.2 Å². The highest BCUT2D eigenvalue weighted by molar-refractivity contribution is 7.55. The minimum Gasteiger partial charge on any atom is -0.466 e. The normalized spacial score (nSPS) is 13.1. The van der Waals surface area contributed by atoms with Crippen molar-refractivity contribution >= 4 is 13.6 Å². The van der Waals surface area contributed by atoms with Gasteiger partial charge in [0.05, 0.1) is 25.2 Å². The highest BCUT2D eigenvalue weighted by Gasteiger charge is 2.54. The number of carbonyl (C=O) groups is 1. The summed E-state index contributed by atoms with van der Waals surface area (Å²) in [5.41, 5.74) is -3.74. The van der Waals surface area contributed by atoms with Crippen LogP contribution in [0.2, 0.25) is 0 Å². The van der Waals surface area contributed by atoms with E-state index in [1.54, 1.807) is 6.92 Å². The Labute approximate surface area is 118 Å². The lowest BCUT2D eigenvalue weighted by molar-refractivity contribution is -0.144. The molecule has 0 atom stereocenters. The van der Waals surface area contributed by atoms with Crippen molar-refractivity contribution in [3.8, 4) is 0 Å². The molecule has 5 nitrogen and oxygen atoms in total. The summed E-state index contributed by atoms with van der Waals surface area (Å²) in [6.07, 6.45) is -2.86. The first-order chi connectivity index (χ1) is 9.04. The predicted octanol–water partition coefficient (Wildman–Crippen LogP) is 3.97. The van der Waals surface area contributed by atoms with Gasteiger partial charge in [0.25, 0.3) is 0 Å². The van der Waals surface area contributed by atoms with Crippen molar-refractivity contribution in [1.29, 1.82) is 0 Å². The number of rotatable bonds is 9. The van der Waals surface area contributed by atoms with E-state index in [0.29, 0.717) is 0 Å². The molecule has 0 bridgehead atoms. The molecule has 0 rings (SSSR count). The second-order valence-electron chi connectivity index (χ2n) is 4.78.